The third-order valence-corrected chi connectivity index (χ3v) is 3.93. The van der Waals surface area contributed by atoms with Crippen LogP contribution in [0.25, 0.3) is 0 Å². The van der Waals surface area contributed by atoms with Gasteiger partial charge in [-0.2, -0.15) is 0 Å². The molecular weight excluding hydrogens is 308 g/mol. The van der Waals surface area contributed by atoms with E-state index in [-0.39, 0.29) is 11.8 Å². The first-order valence-electron chi connectivity index (χ1n) is 7.91. The number of piperazine rings is 1. The van der Waals surface area contributed by atoms with Gasteiger partial charge in [0.2, 0.25) is 5.91 Å². The minimum atomic E-state index is -0.125. The maximum Gasteiger partial charge on any atom is 0.276 e. The van der Waals surface area contributed by atoms with Gasteiger partial charge in [-0.3, -0.25) is 14.5 Å². The van der Waals surface area contributed by atoms with E-state index in [2.05, 4.69) is 10.5 Å². The lowest BCUT2D eigenvalue weighted by molar-refractivity contribution is -0.117. The molecule has 2 aromatic rings. The number of nitrogens with one attached hydrogen (secondary N) is 1. The Kier molecular flexibility index (Phi) is 4.90. The molecule has 7 heteroatoms. The summed E-state index contributed by atoms with van der Waals surface area (Å²) in [6.45, 7) is 4.54. The lowest BCUT2D eigenvalue weighted by Crippen LogP contribution is -2.50. The van der Waals surface area contributed by atoms with E-state index in [0.717, 1.165) is 5.69 Å². The molecule has 0 atom stereocenters. The summed E-state index contributed by atoms with van der Waals surface area (Å²) in [5.74, 6) is 0.447. The van der Waals surface area contributed by atoms with Gasteiger partial charge in [0.25, 0.3) is 5.91 Å². The van der Waals surface area contributed by atoms with Gasteiger partial charge in [-0.25, -0.2) is 0 Å². The summed E-state index contributed by atoms with van der Waals surface area (Å²) in [6.07, 6.45) is 0. The second-order valence-corrected chi connectivity index (χ2v) is 5.81. The predicted molar refractivity (Wildman–Crippen MR) is 88.7 cm³/mol. The number of nitrogens with zero attached hydrogens (tertiary/aromatic N) is 3. The molecule has 1 aliphatic heterocycles. The van der Waals surface area contributed by atoms with E-state index in [1.54, 1.807) is 17.9 Å². The maximum absolute atomic E-state index is 12.3. The highest BCUT2D eigenvalue weighted by atomic mass is 16.5. The fourth-order valence-corrected chi connectivity index (χ4v) is 2.66. The summed E-state index contributed by atoms with van der Waals surface area (Å²) in [7, 11) is 0. The summed E-state index contributed by atoms with van der Waals surface area (Å²) in [5.41, 5.74) is 1.13. The molecule has 24 heavy (non-hydrogen) atoms. The highest BCUT2D eigenvalue weighted by Crippen LogP contribution is 2.10. The van der Waals surface area contributed by atoms with Crippen LogP contribution < -0.4 is 5.32 Å². The molecule has 1 saturated heterocycles. The SMILES string of the molecule is Cc1cc(C(=O)N2CCN(CC(=O)Nc3ccccc3)CC2)no1. The Bertz CT molecular complexity index is 706. The number of rotatable bonds is 4. The second-order valence-electron chi connectivity index (χ2n) is 5.81. The predicted octanol–water partition coefficient (Wildman–Crippen LogP) is 1.38. The molecule has 0 bridgehead atoms. The summed E-state index contributed by atoms with van der Waals surface area (Å²) in [4.78, 5) is 28.1. The van der Waals surface area contributed by atoms with E-state index in [0.29, 0.717) is 44.2 Å². The van der Waals surface area contributed by atoms with Crippen molar-refractivity contribution >= 4 is 17.5 Å². The van der Waals surface area contributed by atoms with Crippen LogP contribution in [0.2, 0.25) is 0 Å². The van der Waals surface area contributed by atoms with Gasteiger partial charge in [-0.15, -0.1) is 0 Å². The van der Waals surface area contributed by atoms with Crippen LogP contribution in [-0.2, 0) is 4.79 Å². The number of anilines is 1. The Morgan fingerprint density at radius 1 is 1.17 bits per heavy atom. The molecule has 0 radical (unpaired) electrons. The molecule has 0 aliphatic carbocycles. The number of hydrogen-bond donors (Lipinski definition) is 1. The van der Waals surface area contributed by atoms with Crippen molar-refractivity contribution in [3.63, 3.8) is 0 Å². The van der Waals surface area contributed by atoms with Gasteiger partial charge in [-0.1, -0.05) is 23.4 Å². The summed E-state index contributed by atoms with van der Waals surface area (Å²) in [5, 5.41) is 6.63. The highest BCUT2D eigenvalue weighted by molar-refractivity contribution is 5.93. The minimum absolute atomic E-state index is 0.0481. The largest absolute Gasteiger partial charge is 0.361 e. The van der Waals surface area contributed by atoms with Gasteiger partial charge in [-0.05, 0) is 19.1 Å². The third kappa shape index (κ3) is 3.99. The first kappa shape index (κ1) is 16.2. The normalized spacial score (nSPS) is 15.3. The average molecular weight is 328 g/mol. The number of aromatic nitrogens is 1. The summed E-state index contributed by atoms with van der Waals surface area (Å²) < 4.78 is 4.95. The zero-order valence-corrected chi connectivity index (χ0v) is 13.6. The van der Waals surface area contributed by atoms with Crippen molar-refractivity contribution in [2.24, 2.45) is 0 Å². The number of hydrogen-bond acceptors (Lipinski definition) is 5. The van der Waals surface area contributed by atoms with Crippen molar-refractivity contribution in [3.05, 3.63) is 47.9 Å². The molecule has 1 aliphatic rings. The number of carbonyl (C=O) groups is 2. The monoisotopic (exact) mass is 328 g/mol. The number of benzene rings is 1. The van der Waals surface area contributed by atoms with Crippen molar-refractivity contribution in [1.82, 2.24) is 15.0 Å². The van der Waals surface area contributed by atoms with E-state index >= 15 is 0 Å². The molecule has 0 saturated carbocycles. The third-order valence-electron chi connectivity index (χ3n) is 3.93. The smallest absolute Gasteiger partial charge is 0.276 e. The average Bonchev–Trinajstić information content (AvgIpc) is 3.02. The second kappa shape index (κ2) is 7.27. The number of amides is 2. The Balaban J connectivity index is 1.46. The van der Waals surface area contributed by atoms with Crippen LogP contribution in [0.4, 0.5) is 5.69 Å². The van der Waals surface area contributed by atoms with Gasteiger partial charge in [0, 0.05) is 37.9 Å². The molecule has 0 unspecified atom stereocenters. The van der Waals surface area contributed by atoms with E-state index < -0.39 is 0 Å². The topological polar surface area (TPSA) is 78.7 Å². The lowest BCUT2D eigenvalue weighted by Gasteiger charge is -2.33. The van der Waals surface area contributed by atoms with E-state index in [4.69, 9.17) is 4.52 Å². The van der Waals surface area contributed by atoms with E-state index in [1.165, 1.54) is 0 Å². The van der Waals surface area contributed by atoms with Gasteiger partial charge in [0.1, 0.15) is 5.76 Å². The van der Waals surface area contributed by atoms with E-state index in [1.807, 2.05) is 35.2 Å². The molecular formula is C17H20N4O3. The zero-order chi connectivity index (χ0) is 16.9. The Morgan fingerprint density at radius 2 is 1.88 bits per heavy atom. The van der Waals surface area contributed by atoms with Crippen molar-refractivity contribution in [3.8, 4) is 0 Å². The summed E-state index contributed by atoms with van der Waals surface area (Å²) >= 11 is 0. The van der Waals surface area contributed by atoms with Crippen LogP contribution in [0.3, 0.4) is 0 Å². The molecule has 126 valence electrons. The fourth-order valence-electron chi connectivity index (χ4n) is 2.66. The van der Waals surface area contributed by atoms with Crippen LogP contribution in [0, 0.1) is 6.92 Å². The number of carbonyl (C=O) groups excluding carboxylic acids is 2. The van der Waals surface area contributed by atoms with Crippen LogP contribution in [0.5, 0.6) is 0 Å². The van der Waals surface area contributed by atoms with Crippen LogP contribution >= 0.6 is 0 Å². The van der Waals surface area contributed by atoms with Crippen LogP contribution in [0.1, 0.15) is 16.2 Å². The molecule has 0 spiro atoms. The maximum atomic E-state index is 12.3. The van der Waals surface area contributed by atoms with Gasteiger partial charge in [0.05, 0.1) is 6.54 Å². The molecule has 7 nitrogen and oxygen atoms in total. The fraction of sp³-hybridized carbons (Fsp3) is 0.353. The number of aryl methyl sites for hydroxylation is 1. The summed E-state index contributed by atoms with van der Waals surface area (Å²) in [6, 6.07) is 11.0. The molecule has 3 rings (SSSR count). The van der Waals surface area contributed by atoms with Crippen LogP contribution in [0.15, 0.2) is 40.9 Å². The van der Waals surface area contributed by atoms with E-state index in [9.17, 15) is 9.59 Å². The Hall–Kier alpha value is -2.67. The van der Waals surface area contributed by atoms with Crippen molar-refractivity contribution in [2.75, 3.05) is 38.0 Å². The Labute approximate surface area is 140 Å². The standard InChI is InChI=1S/C17H20N4O3/c1-13-11-15(19-24-13)17(23)21-9-7-20(8-10-21)12-16(22)18-14-5-3-2-4-6-14/h2-6,11H,7-10,12H2,1H3,(H,18,22). The quantitative estimate of drug-likeness (QED) is 0.917. The van der Waals surface area contributed by atoms with Gasteiger partial charge in [0.15, 0.2) is 5.69 Å². The first-order valence-corrected chi connectivity index (χ1v) is 7.91. The molecule has 1 aromatic carbocycles. The molecule has 2 heterocycles. The lowest BCUT2D eigenvalue weighted by atomic mass is 10.2. The molecule has 1 aromatic heterocycles. The minimum Gasteiger partial charge on any atom is -0.361 e. The van der Waals surface area contributed by atoms with Crippen molar-refractivity contribution in [2.45, 2.75) is 6.92 Å². The zero-order valence-electron chi connectivity index (χ0n) is 13.6. The highest BCUT2D eigenvalue weighted by Gasteiger charge is 2.25. The van der Waals surface area contributed by atoms with Gasteiger partial charge >= 0.3 is 0 Å². The van der Waals surface area contributed by atoms with Crippen molar-refractivity contribution < 1.29 is 14.1 Å². The first-order chi connectivity index (χ1) is 11.6. The van der Waals surface area contributed by atoms with Gasteiger partial charge < -0.3 is 14.7 Å². The molecule has 1 fully saturated rings. The molecule has 1 N–H and O–H groups in total. The molecule has 2 amide bonds. The Morgan fingerprint density at radius 3 is 2.50 bits per heavy atom. The van der Waals surface area contributed by atoms with Crippen LogP contribution in [-0.4, -0.2) is 59.5 Å². The van der Waals surface area contributed by atoms with Crippen molar-refractivity contribution in [1.29, 1.82) is 0 Å². The number of para-hydroxylation sites is 1.